The van der Waals surface area contributed by atoms with Gasteiger partial charge in [-0.3, -0.25) is 0 Å². The van der Waals surface area contributed by atoms with Crippen LogP contribution in [0.25, 0.3) is 0 Å². The second kappa shape index (κ2) is 7.20. The number of amides is 1. The molecule has 0 aliphatic carbocycles. The minimum absolute atomic E-state index is 0.0132. The molecule has 2 rings (SSSR count). The number of hydrogen-bond acceptors (Lipinski definition) is 4. The number of carbonyl (C=O) groups is 1. The lowest BCUT2D eigenvalue weighted by Crippen LogP contribution is -2.36. The summed E-state index contributed by atoms with van der Waals surface area (Å²) in [5.41, 5.74) is 0.971. The van der Waals surface area contributed by atoms with E-state index in [0.717, 1.165) is 12.0 Å². The number of carbonyl (C=O) groups excluding carboxylic acids is 1. The minimum Gasteiger partial charge on any atom is -0.445 e. The number of ether oxygens (including phenoxy) is 1. The number of rotatable bonds is 4. The Kier molecular flexibility index (Phi) is 5.31. The number of hydrogen-bond donors (Lipinski definition) is 0. The van der Waals surface area contributed by atoms with Crippen molar-refractivity contribution in [2.45, 2.75) is 30.7 Å². The van der Waals surface area contributed by atoms with E-state index in [1.165, 1.54) is 0 Å². The molecule has 2 atom stereocenters. The highest BCUT2D eigenvalue weighted by Gasteiger charge is 2.35. The highest BCUT2D eigenvalue weighted by molar-refractivity contribution is 7.99. The van der Waals surface area contributed by atoms with Crippen molar-refractivity contribution in [3.05, 3.63) is 35.9 Å². The number of thioether (sulfide) groups is 1. The van der Waals surface area contributed by atoms with Crippen LogP contribution in [-0.2, 0) is 11.3 Å². The van der Waals surface area contributed by atoms with Crippen LogP contribution in [0.3, 0.4) is 0 Å². The van der Waals surface area contributed by atoms with Crippen molar-refractivity contribution < 1.29 is 9.53 Å². The largest absolute Gasteiger partial charge is 0.445 e. The van der Waals surface area contributed by atoms with Gasteiger partial charge in [-0.05, 0) is 18.2 Å². The predicted molar refractivity (Wildman–Crippen MR) is 79.3 cm³/mol. The van der Waals surface area contributed by atoms with E-state index in [9.17, 15) is 4.79 Å². The third-order valence-corrected chi connectivity index (χ3v) is 4.48. The summed E-state index contributed by atoms with van der Waals surface area (Å²) in [5, 5.41) is 9.26. The molecule has 0 saturated carbocycles. The molecule has 0 spiro atoms. The Morgan fingerprint density at radius 2 is 2.25 bits per heavy atom. The van der Waals surface area contributed by atoms with Crippen molar-refractivity contribution in [3.63, 3.8) is 0 Å². The van der Waals surface area contributed by atoms with Crippen molar-refractivity contribution in [2.24, 2.45) is 0 Å². The Morgan fingerprint density at radius 3 is 2.90 bits per heavy atom. The van der Waals surface area contributed by atoms with Crippen LogP contribution in [0.15, 0.2) is 30.3 Å². The second-order valence-corrected chi connectivity index (χ2v) is 5.94. The Labute approximate surface area is 123 Å². The third kappa shape index (κ3) is 3.67. The average Bonchev–Trinajstić information content (AvgIpc) is 2.89. The van der Waals surface area contributed by atoms with Gasteiger partial charge in [0.2, 0.25) is 0 Å². The average molecular weight is 290 g/mol. The molecule has 4 nitrogen and oxygen atoms in total. The SMILES string of the molecule is CS[C@H]1C[C@H](CC#N)N(C(=O)OCc2ccccc2)C1. The summed E-state index contributed by atoms with van der Waals surface area (Å²) in [6.07, 6.45) is 2.96. The Balaban J connectivity index is 1.92. The molecule has 106 valence electrons. The first-order chi connectivity index (χ1) is 9.74. The fourth-order valence-corrected chi connectivity index (χ4v) is 3.09. The zero-order valence-corrected chi connectivity index (χ0v) is 12.3. The highest BCUT2D eigenvalue weighted by Crippen LogP contribution is 2.28. The van der Waals surface area contributed by atoms with Gasteiger partial charge in [0.05, 0.1) is 12.5 Å². The lowest BCUT2D eigenvalue weighted by Gasteiger charge is -2.22. The quantitative estimate of drug-likeness (QED) is 0.855. The number of nitriles is 1. The molecular formula is C15H18N2O2S. The van der Waals surface area contributed by atoms with Crippen LogP contribution in [0, 0.1) is 11.3 Å². The molecule has 5 heteroatoms. The van der Waals surface area contributed by atoms with E-state index < -0.39 is 0 Å². The van der Waals surface area contributed by atoms with Crippen molar-refractivity contribution >= 4 is 17.9 Å². The molecule has 1 saturated heterocycles. The first-order valence-corrected chi connectivity index (χ1v) is 7.90. The molecule has 0 radical (unpaired) electrons. The van der Waals surface area contributed by atoms with Crippen LogP contribution >= 0.6 is 11.8 Å². The van der Waals surface area contributed by atoms with Crippen LogP contribution in [0.5, 0.6) is 0 Å². The van der Waals surface area contributed by atoms with Crippen molar-refractivity contribution in [2.75, 3.05) is 12.8 Å². The molecular weight excluding hydrogens is 272 g/mol. The highest BCUT2D eigenvalue weighted by atomic mass is 32.2. The van der Waals surface area contributed by atoms with Gasteiger partial charge in [-0.25, -0.2) is 4.79 Å². The summed E-state index contributed by atoms with van der Waals surface area (Å²) in [5.74, 6) is 0. The van der Waals surface area contributed by atoms with Gasteiger partial charge in [0, 0.05) is 17.8 Å². The maximum atomic E-state index is 12.2. The first kappa shape index (κ1) is 14.7. The second-order valence-electron chi connectivity index (χ2n) is 4.80. The zero-order chi connectivity index (χ0) is 14.4. The lowest BCUT2D eigenvalue weighted by atomic mass is 10.2. The van der Waals surface area contributed by atoms with Gasteiger partial charge >= 0.3 is 6.09 Å². The van der Waals surface area contributed by atoms with Gasteiger partial charge in [0.15, 0.2) is 0 Å². The lowest BCUT2D eigenvalue weighted by molar-refractivity contribution is 0.0928. The van der Waals surface area contributed by atoms with Crippen molar-refractivity contribution in [3.8, 4) is 6.07 Å². The van der Waals surface area contributed by atoms with Gasteiger partial charge in [-0.15, -0.1) is 0 Å². The summed E-state index contributed by atoms with van der Waals surface area (Å²) in [4.78, 5) is 13.9. The summed E-state index contributed by atoms with van der Waals surface area (Å²) >= 11 is 1.74. The van der Waals surface area contributed by atoms with Gasteiger partial charge in [0.1, 0.15) is 6.61 Å². The number of nitrogens with zero attached hydrogens (tertiary/aromatic N) is 2. The standard InChI is InChI=1S/C15H18N2O2S/c1-20-14-9-13(7-8-16)17(10-14)15(18)19-11-12-5-3-2-4-6-12/h2-6,13-14H,7,9-11H2,1H3/t13-,14-/m0/s1. The van der Waals surface area contributed by atoms with E-state index in [0.29, 0.717) is 18.2 Å². The van der Waals surface area contributed by atoms with E-state index in [1.807, 2.05) is 36.6 Å². The van der Waals surface area contributed by atoms with Gasteiger partial charge in [0.25, 0.3) is 0 Å². The van der Waals surface area contributed by atoms with E-state index in [1.54, 1.807) is 16.7 Å². The summed E-state index contributed by atoms with van der Waals surface area (Å²) in [7, 11) is 0. The Bertz CT molecular complexity index is 486. The van der Waals surface area contributed by atoms with E-state index in [-0.39, 0.29) is 18.7 Å². The van der Waals surface area contributed by atoms with Crippen LogP contribution in [-0.4, -0.2) is 35.1 Å². The zero-order valence-electron chi connectivity index (χ0n) is 11.5. The molecule has 1 aromatic rings. The normalized spacial score (nSPS) is 21.5. The molecule has 1 amide bonds. The van der Waals surface area contributed by atoms with E-state index in [4.69, 9.17) is 10.00 Å². The molecule has 0 unspecified atom stereocenters. The summed E-state index contributed by atoms with van der Waals surface area (Å²) in [6, 6.07) is 11.8. The fraction of sp³-hybridized carbons (Fsp3) is 0.467. The smallest absolute Gasteiger partial charge is 0.410 e. The van der Waals surface area contributed by atoms with Crippen LogP contribution in [0.4, 0.5) is 4.79 Å². The van der Waals surface area contributed by atoms with Gasteiger partial charge in [-0.2, -0.15) is 17.0 Å². The molecule has 0 aromatic heterocycles. The number of likely N-dealkylation sites (tertiary alicyclic amines) is 1. The van der Waals surface area contributed by atoms with E-state index >= 15 is 0 Å². The van der Waals surface area contributed by atoms with Crippen molar-refractivity contribution in [1.82, 2.24) is 4.90 Å². The van der Waals surface area contributed by atoms with Gasteiger partial charge in [-0.1, -0.05) is 30.3 Å². The molecule has 0 bridgehead atoms. The summed E-state index contributed by atoms with van der Waals surface area (Å²) in [6.45, 7) is 0.945. The topological polar surface area (TPSA) is 53.3 Å². The molecule has 1 aromatic carbocycles. The Morgan fingerprint density at radius 1 is 1.50 bits per heavy atom. The Hall–Kier alpha value is -1.67. The summed E-state index contributed by atoms with van der Waals surface area (Å²) < 4.78 is 5.35. The monoisotopic (exact) mass is 290 g/mol. The molecule has 0 N–H and O–H groups in total. The maximum absolute atomic E-state index is 12.2. The first-order valence-electron chi connectivity index (χ1n) is 6.61. The molecule has 1 fully saturated rings. The van der Waals surface area contributed by atoms with Crippen molar-refractivity contribution in [1.29, 1.82) is 5.26 Å². The van der Waals surface area contributed by atoms with Gasteiger partial charge < -0.3 is 9.64 Å². The van der Waals surface area contributed by atoms with Crippen LogP contribution in [0.2, 0.25) is 0 Å². The van der Waals surface area contributed by atoms with Crippen LogP contribution < -0.4 is 0 Å². The predicted octanol–water partition coefficient (Wildman–Crippen LogP) is 3.04. The minimum atomic E-state index is -0.314. The molecule has 1 aliphatic rings. The third-order valence-electron chi connectivity index (χ3n) is 3.48. The molecule has 1 heterocycles. The fourth-order valence-electron chi connectivity index (χ4n) is 2.37. The van der Waals surface area contributed by atoms with Crippen LogP contribution in [0.1, 0.15) is 18.4 Å². The molecule has 20 heavy (non-hydrogen) atoms. The maximum Gasteiger partial charge on any atom is 0.410 e. The number of benzene rings is 1. The van der Waals surface area contributed by atoms with E-state index in [2.05, 4.69) is 6.07 Å². The molecule has 1 aliphatic heterocycles.